The molecule has 0 spiro atoms. The Bertz CT molecular complexity index is 933. The van der Waals surface area contributed by atoms with Crippen molar-refractivity contribution in [1.29, 1.82) is 0 Å². The van der Waals surface area contributed by atoms with Gasteiger partial charge in [-0.3, -0.25) is 9.59 Å². The maximum atomic E-state index is 13.2. The number of allylic oxidation sites excluding steroid dienone is 2. The highest BCUT2D eigenvalue weighted by Gasteiger charge is 2.52. The summed E-state index contributed by atoms with van der Waals surface area (Å²) in [6.45, 7) is 24.6. The van der Waals surface area contributed by atoms with E-state index in [1.54, 1.807) is 0 Å². The van der Waals surface area contributed by atoms with Crippen molar-refractivity contribution in [2.24, 2.45) is 11.8 Å². The Hall–Kier alpha value is -0.469. The zero-order valence-electron chi connectivity index (χ0n) is 27.7. The molecule has 0 aromatic carbocycles. The number of rotatable bonds is 15. The van der Waals surface area contributed by atoms with E-state index in [0.29, 0.717) is 12.5 Å². The molecule has 236 valence electrons. The second kappa shape index (κ2) is 14.1. The summed E-state index contributed by atoms with van der Waals surface area (Å²) in [5.74, 6) is 0.114. The summed E-state index contributed by atoms with van der Waals surface area (Å²) >= 11 is 0. The van der Waals surface area contributed by atoms with Gasteiger partial charge in [-0.15, -0.1) is 0 Å². The molecule has 0 radical (unpaired) electrons. The number of ether oxygens (including phenoxy) is 2. The van der Waals surface area contributed by atoms with Crippen LogP contribution in [0.5, 0.6) is 0 Å². The van der Waals surface area contributed by atoms with Crippen molar-refractivity contribution in [3.8, 4) is 0 Å². The van der Waals surface area contributed by atoms with Gasteiger partial charge >= 0.3 is 0 Å². The van der Waals surface area contributed by atoms with Crippen LogP contribution in [-0.4, -0.2) is 79.7 Å². The van der Waals surface area contributed by atoms with Gasteiger partial charge in [0.25, 0.3) is 0 Å². The number of hydrogen-bond acceptors (Lipinski definition) is 7. The lowest BCUT2D eigenvalue weighted by Gasteiger charge is -2.47. The summed E-state index contributed by atoms with van der Waals surface area (Å²) < 4.78 is 32.7. The molecule has 0 saturated carbocycles. The highest BCUT2D eigenvalue weighted by Crippen LogP contribution is 2.40. The molecule has 8 atom stereocenters. The minimum absolute atomic E-state index is 0.0137. The fourth-order valence-corrected chi connectivity index (χ4v) is 9.71. The molecular weight excluding hydrogens is 569 g/mol. The maximum Gasteiger partial charge on any atom is 0.184 e. The molecule has 0 unspecified atom stereocenters. The highest BCUT2D eigenvalue weighted by atomic mass is 28.4. The summed E-state index contributed by atoms with van der Waals surface area (Å²) in [5.41, 5.74) is 0.831. The number of carbonyl (C=O) groups is 2. The van der Waals surface area contributed by atoms with Crippen LogP contribution in [0.4, 0.5) is 0 Å². The summed E-state index contributed by atoms with van der Waals surface area (Å²) in [6.07, 6.45) is 6.58. The Morgan fingerprint density at radius 2 is 1.54 bits per heavy atom. The van der Waals surface area contributed by atoms with Crippen molar-refractivity contribution < 1.29 is 32.3 Å². The highest BCUT2D eigenvalue weighted by molar-refractivity contribution is 6.70. The molecule has 2 heterocycles. The SMILES string of the molecule is C[C@@H]([C@@H]1O[C@H]1C[C@@H]1OC[C@H](CC(=O)CC(=O)C2=CCCCC2)[C@@H](O[Si](C)(C)C)[C@@H]1O[Si](C)(C)C)[C@H](C)O[Si](C)(C)C. The first-order valence-corrected chi connectivity index (χ1v) is 26.1. The normalized spacial score (nSPS) is 30.9. The molecule has 41 heavy (non-hydrogen) atoms. The first kappa shape index (κ1) is 35.0. The van der Waals surface area contributed by atoms with Crippen LogP contribution in [0.1, 0.15) is 58.8 Å². The second-order valence-corrected chi connectivity index (χ2v) is 28.9. The fraction of sp³-hybridized carbons (Fsp3) is 0.871. The topological polar surface area (TPSA) is 83.6 Å². The first-order chi connectivity index (χ1) is 18.8. The lowest BCUT2D eigenvalue weighted by Crippen LogP contribution is -2.58. The molecular formula is C31H58O7Si3. The van der Waals surface area contributed by atoms with Gasteiger partial charge in [0, 0.05) is 30.8 Å². The van der Waals surface area contributed by atoms with Crippen LogP contribution in [0, 0.1) is 11.8 Å². The van der Waals surface area contributed by atoms with Crippen LogP contribution < -0.4 is 0 Å². The van der Waals surface area contributed by atoms with E-state index >= 15 is 0 Å². The molecule has 7 nitrogen and oxygen atoms in total. The molecule has 1 aliphatic carbocycles. The van der Waals surface area contributed by atoms with Gasteiger partial charge in [-0.25, -0.2) is 0 Å². The van der Waals surface area contributed by atoms with Crippen LogP contribution in [0.25, 0.3) is 0 Å². The maximum absolute atomic E-state index is 13.2. The number of hydrogen-bond donors (Lipinski definition) is 0. The van der Waals surface area contributed by atoms with E-state index in [1.807, 2.05) is 6.08 Å². The molecule has 2 saturated heterocycles. The van der Waals surface area contributed by atoms with Crippen LogP contribution in [0.3, 0.4) is 0 Å². The minimum Gasteiger partial charge on any atom is -0.415 e. The quantitative estimate of drug-likeness (QED) is 0.111. The zero-order chi connectivity index (χ0) is 30.8. The fourth-order valence-electron chi connectivity index (χ4n) is 6.14. The van der Waals surface area contributed by atoms with E-state index in [2.05, 4.69) is 72.8 Å². The molecule has 0 N–H and O–H groups in total. The number of epoxide rings is 1. The van der Waals surface area contributed by atoms with E-state index in [9.17, 15) is 9.59 Å². The molecule has 0 aromatic rings. The van der Waals surface area contributed by atoms with Crippen molar-refractivity contribution >= 4 is 36.5 Å². The summed E-state index contributed by atoms with van der Waals surface area (Å²) in [4.78, 5) is 26.0. The van der Waals surface area contributed by atoms with E-state index in [-0.39, 0.29) is 66.9 Å². The third kappa shape index (κ3) is 11.5. The van der Waals surface area contributed by atoms with E-state index in [1.165, 1.54) is 0 Å². The number of carbonyl (C=O) groups excluding carboxylic acids is 2. The van der Waals surface area contributed by atoms with Gasteiger partial charge in [0.15, 0.2) is 30.7 Å². The van der Waals surface area contributed by atoms with Gasteiger partial charge in [0.2, 0.25) is 0 Å². The summed E-state index contributed by atoms with van der Waals surface area (Å²) in [6, 6.07) is 0. The Kier molecular flexibility index (Phi) is 12.0. The van der Waals surface area contributed by atoms with Crippen molar-refractivity contribution in [2.45, 2.75) is 154 Å². The number of ketones is 2. The van der Waals surface area contributed by atoms with Gasteiger partial charge in [-0.1, -0.05) is 13.0 Å². The summed E-state index contributed by atoms with van der Waals surface area (Å²) in [5, 5.41) is 0. The third-order valence-corrected chi connectivity index (χ3v) is 11.1. The summed E-state index contributed by atoms with van der Waals surface area (Å²) in [7, 11) is -5.61. The lowest BCUT2D eigenvalue weighted by atomic mass is 9.85. The van der Waals surface area contributed by atoms with Crippen molar-refractivity contribution in [1.82, 2.24) is 0 Å². The van der Waals surface area contributed by atoms with E-state index < -0.39 is 25.0 Å². The van der Waals surface area contributed by atoms with Gasteiger partial charge in [-0.05, 0) is 97.1 Å². The Morgan fingerprint density at radius 1 is 0.902 bits per heavy atom. The molecule has 3 aliphatic rings. The van der Waals surface area contributed by atoms with E-state index in [4.69, 9.17) is 22.8 Å². The third-order valence-electron chi connectivity index (χ3n) is 8.04. The average molecular weight is 627 g/mol. The Labute approximate surface area is 252 Å². The molecule has 2 fully saturated rings. The molecule has 0 bridgehead atoms. The second-order valence-electron chi connectivity index (χ2n) is 15.5. The largest absolute Gasteiger partial charge is 0.415 e. The van der Waals surface area contributed by atoms with Crippen LogP contribution in [0.2, 0.25) is 58.9 Å². The molecule has 0 amide bonds. The van der Waals surface area contributed by atoms with Crippen LogP contribution in [-0.2, 0) is 32.3 Å². The van der Waals surface area contributed by atoms with Crippen molar-refractivity contribution in [3.63, 3.8) is 0 Å². The minimum atomic E-state index is -1.99. The van der Waals surface area contributed by atoms with Gasteiger partial charge in [0.1, 0.15) is 5.78 Å². The predicted octanol–water partition coefficient (Wildman–Crippen LogP) is 6.89. The predicted molar refractivity (Wildman–Crippen MR) is 172 cm³/mol. The Balaban J connectivity index is 1.72. The number of Topliss-reactive ketones (excluding diaryl/α,β-unsaturated/α-hetero) is 2. The molecule has 3 rings (SSSR count). The van der Waals surface area contributed by atoms with Crippen molar-refractivity contribution in [3.05, 3.63) is 11.6 Å². The standard InChI is InChI=1S/C31H58O7Si3/c1-21(22(2)36-39(3,4)5)29-28(35-29)19-27-31(38-41(9,10)11)30(37-40(6,7)8)24(20-34-27)17-25(32)18-26(33)23-15-13-12-14-16-23/h15,21-22,24,27-31H,12-14,16-20H2,1-11H3/t21-,22+,24+,27+,28+,29+,30-,31-/m1/s1. The van der Waals surface area contributed by atoms with Gasteiger partial charge < -0.3 is 22.8 Å². The average Bonchev–Trinajstić information content (AvgIpc) is 3.59. The van der Waals surface area contributed by atoms with Crippen molar-refractivity contribution in [2.75, 3.05) is 6.61 Å². The Morgan fingerprint density at radius 3 is 2.10 bits per heavy atom. The lowest BCUT2D eigenvalue weighted by molar-refractivity contribution is -0.159. The van der Waals surface area contributed by atoms with Gasteiger partial charge in [0.05, 0.1) is 43.5 Å². The zero-order valence-corrected chi connectivity index (χ0v) is 30.7. The monoisotopic (exact) mass is 626 g/mol. The molecule has 2 aliphatic heterocycles. The molecule has 0 aromatic heterocycles. The smallest absolute Gasteiger partial charge is 0.184 e. The van der Waals surface area contributed by atoms with Crippen LogP contribution in [0.15, 0.2) is 11.6 Å². The van der Waals surface area contributed by atoms with E-state index in [0.717, 1.165) is 37.7 Å². The first-order valence-electron chi connectivity index (χ1n) is 15.9. The van der Waals surface area contributed by atoms with Gasteiger partial charge in [-0.2, -0.15) is 0 Å². The molecule has 10 heteroatoms. The van der Waals surface area contributed by atoms with Crippen LogP contribution >= 0.6 is 0 Å².